The summed E-state index contributed by atoms with van der Waals surface area (Å²) in [6, 6.07) is 6.03. The largest absolute Gasteiger partial charge is 0.368 e. The molecule has 0 aromatic heterocycles. The summed E-state index contributed by atoms with van der Waals surface area (Å²) in [5.41, 5.74) is 9.17. The van der Waals surface area contributed by atoms with E-state index in [1.807, 2.05) is 0 Å². The molecular weight excluding hydrogens is 214 g/mol. The molecule has 0 bridgehead atoms. The molecule has 2 N–H and O–H groups in total. The number of carbonyl (C=O) groups excluding carboxylic acids is 1. The van der Waals surface area contributed by atoms with Gasteiger partial charge in [0.05, 0.1) is 0 Å². The molecule has 1 fully saturated rings. The molecule has 0 saturated carbocycles. The first-order valence-electron chi connectivity index (χ1n) is 5.95. The Labute approximate surface area is 102 Å². The Morgan fingerprint density at radius 1 is 1.18 bits per heavy atom. The van der Waals surface area contributed by atoms with Gasteiger partial charge in [-0.15, -0.1) is 0 Å². The lowest BCUT2D eigenvalue weighted by Crippen LogP contribution is -2.50. The van der Waals surface area contributed by atoms with Gasteiger partial charge in [-0.3, -0.25) is 0 Å². The lowest BCUT2D eigenvalue weighted by Gasteiger charge is -2.36. The number of hydrogen-bond donors (Lipinski definition) is 1. The van der Waals surface area contributed by atoms with E-state index in [2.05, 4.69) is 36.9 Å². The van der Waals surface area contributed by atoms with Crippen LogP contribution in [0.2, 0.25) is 0 Å². The molecule has 4 heteroatoms. The van der Waals surface area contributed by atoms with Gasteiger partial charge in [-0.2, -0.15) is 0 Å². The van der Waals surface area contributed by atoms with Crippen molar-refractivity contribution in [2.24, 2.45) is 5.73 Å². The number of benzene rings is 1. The third kappa shape index (κ3) is 2.35. The molecule has 0 radical (unpaired) electrons. The number of hydrogen-bond acceptors (Lipinski definition) is 2. The second kappa shape index (κ2) is 4.65. The minimum absolute atomic E-state index is 0.314. The number of carbonyl (C=O) groups is 1. The summed E-state index contributed by atoms with van der Waals surface area (Å²) in [5.74, 6) is 0. The van der Waals surface area contributed by atoms with Crippen molar-refractivity contribution in [3.05, 3.63) is 29.3 Å². The van der Waals surface area contributed by atoms with E-state index in [9.17, 15) is 4.79 Å². The van der Waals surface area contributed by atoms with Gasteiger partial charge in [0, 0.05) is 31.9 Å². The average Bonchev–Trinajstić information content (AvgIpc) is 2.33. The molecule has 2 rings (SSSR count). The third-order valence-electron chi connectivity index (χ3n) is 3.51. The van der Waals surface area contributed by atoms with Crippen molar-refractivity contribution in [2.45, 2.75) is 13.8 Å². The van der Waals surface area contributed by atoms with Crippen molar-refractivity contribution >= 4 is 11.7 Å². The maximum atomic E-state index is 11.0. The van der Waals surface area contributed by atoms with Gasteiger partial charge >= 0.3 is 6.03 Å². The van der Waals surface area contributed by atoms with E-state index in [1.165, 1.54) is 16.8 Å². The van der Waals surface area contributed by atoms with Crippen LogP contribution in [0.1, 0.15) is 11.1 Å². The first kappa shape index (κ1) is 11.8. The summed E-state index contributed by atoms with van der Waals surface area (Å²) in [7, 11) is 0. The van der Waals surface area contributed by atoms with Crippen LogP contribution in [0.25, 0.3) is 0 Å². The lowest BCUT2D eigenvalue weighted by molar-refractivity contribution is 0.204. The zero-order valence-electron chi connectivity index (χ0n) is 10.4. The Morgan fingerprint density at radius 2 is 1.82 bits per heavy atom. The molecule has 17 heavy (non-hydrogen) atoms. The van der Waals surface area contributed by atoms with Crippen LogP contribution in [-0.2, 0) is 0 Å². The van der Waals surface area contributed by atoms with E-state index in [1.54, 1.807) is 4.90 Å². The highest BCUT2D eigenvalue weighted by Gasteiger charge is 2.20. The van der Waals surface area contributed by atoms with Crippen molar-refractivity contribution in [2.75, 3.05) is 31.1 Å². The molecule has 1 saturated heterocycles. The van der Waals surface area contributed by atoms with Gasteiger partial charge in [-0.05, 0) is 31.0 Å². The molecule has 4 nitrogen and oxygen atoms in total. The summed E-state index contributed by atoms with van der Waals surface area (Å²) in [6.07, 6.45) is 0. The van der Waals surface area contributed by atoms with Crippen molar-refractivity contribution in [3.8, 4) is 0 Å². The van der Waals surface area contributed by atoms with Gasteiger partial charge in [0.2, 0.25) is 0 Å². The van der Waals surface area contributed by atoms with Crippen LogP contribution in [0, 0.1) is 13.8 Å². The van der Waals surface area contributed by atoms with E-state index >= 15 is 0 Å². The lowest BCUT2D eigenvalue weighted by atomic mass is 10.1. The number of rotatable bonds is 1. The second-order valence-electron chi connectivity index (χ2n) is 4.53. The van der Waals surface area contributed by atoms with Crippen LogP contribution in [0.5, 0.6) is 0 Å². The molecule has 92 valence electrons. The summed E-state index contributed by atoms with van der Waals surface area (Å²) in [6.45, 7) is 7.40. The summed E-state index contributed by atoms with van der Waals surface area (Å²) < 4.78 is 0. The first-order valence-corrected chi connectivity index (χ1v) is 5.95. The monoisotopic (exact) mass is 233 g/mol. The number of primary amides is 1. The molecule has 0 atom stereocenters. The van der Waals surface area contributed by atoms with Crippen molar-refractivity contribution in [3.63, 3.8) is 0 Å². The van der Waals surface area contributed by atoms with Crippen molar-refractivity contribution in [1.29, 1.82) is 0 Å². The molecule has 1 aromatic carbocycles. The number of urea groups is 1. The van der Waals surface area contributed by atoms with Gasteiger partial charge in [-0.25, -0.2) is 4.79 Å². The van der Waals surface area contributed by atoms with Crippen LogP contribution >= 0.6 is 0 Å². The topological polar surface area (TPSA) is 49.6 Å². The Balaban J connectivity index is 2.10. The fraction of sp³-hybridized carbons (Fsp3) is 0.462. The van der Waals surface area contributed by atoms with E-state index in [0.29, 0.717) is 13.1 Å². The van der Waals surface area contributed by atoms with Gasteiger partial charge in [0.1, 0.15) is 0 Å². The van der Waals surface area contributed by atoms with Crippen LogP contribution in [0.4, 0.5) is 10.5 Å². The third-order valence-corrected chi connectivity index (χ3v) is 3.51. The summed E-state index contributed by atoms with van der Waals surface area (Å²) in [5, 5.41) is 0. The maximum Gasteiger partial charge on any atom is 0.314 e. The highest BCUT2D eigenvalue weighted by Crippen LogP contribution is 2.23. The van der Waals surface area contributed by atoms with Gasteiger partial charge in [-0.1, -0.05) is 12.1 Å². The zero-order valence-corrected chi connectivity index (χ0v) is 10.4. The summed E-state index contributed by atoms with van der Waals surface area (Å²) in [4.78, 5) is 15.1. The molecule has 1 aliphatic rings. The zero-order chi connectivity index (χ0) is 12.4. The molecule has 0 spiro atoms. The van der Waals surface area contributed by atoms with Gasteiger partial charge in [0.15, 0.2) is 0 Å². The van der Waals surface area contributed by atoms with Gasteiger partial charge in [0.25, 0.3) is 0 Å². The molecule has 2 amide bonds. The Morgan fingerprint density at radius 3 is 2.41 bits per heavy atom. The number of piperazine rings is 1. The quantitative estimate of drug-likeness (QED) is 0.799. The minimum Gasteiger partial charge on any atom is -0.368 e. The van der Waals surface area contributed by atoms with Crippen LogP contribution < -0.4 is 10.6 Å². The second-order valence-corrected chi connectivity index (χ2v) is 4.53. The number of nitrogens with two attached hydrogens (primary N) is 1. The fourth-order valence-electron chi connectivity index (χ4n) is 2.25. The number of aryl methyl sites for hydroxylation is 1. The maximum absolute atomic E-state index is 11.0. The molecule has 1 aromatic rings. The van der Waals surface area contributed by atoms with E-state index < -0.39 is 0 Å². The van der Waals surface area contributed by atoms with Gasteiger partial charge < -0.3 is 15.5 Å². The molecule has 1 aliphatic heterocycles. The summed E-state index contributed by atoms with van der Waals surface area (Å²) >= 11 is 0. The smallest absolute Gasteiger partial charge is 0.314 e. The van der Waals surface area contributed by atoms with E-state index in [-0.39, 0.29) is 6.03 Å². The molecule has 1 heterocycles. The highest BCUT2D eigenvalue weighted by atomic mass is 16.2. The molecular formula is C13H19N3O. The Kier molecular flexibility index (Phi) is 3.22. The first-order chi connectivity index (χ1) is 8.09. The van der Waals surface area contributed by atoms with Crippen LogP contribution in [-0.4, -0.2) is 37.1 Å². The number of anilines is 1. The fourth-order valence-corrected chi connectivity index (χ4v) is 2.25. The van der Waals surface area contributed by atoms with E-state index in [4.69, 9.17) is 5.73 Å². The SMILES string of the molecule is Cc1cccc(N2CCN(C(N)=O)CC2)c1C. The van der Waals surface area contributed by atoms with E-state index in [0.717, 1.165) is 13.1 Å². The Hall–Kier alpha value is -1.71. The number of amides is 2. The predicted octanol–water partition coefficient (Wildman–Crippen LogP) is 1.50. The normalized spacial score (nSPS) is 16.1. The number of nitrogens with zero attached hydrogens (tertiary/aromatic N) is 2. The van der Waals surface area contributed by atoms with Crippen molar-refractivity contribution in [1.82, 2.24) is 4.90 Å². The highest BCUT2D eigenvalue weighted by molar-refractivity contribution is 5.72. The van der Waals surface area contributed by atoms with Crippen LogP contribution in [0.3, 0.4) is 0 Å². The predicted molar refractivity (Wildman–Crippen MR) is 69.3 cm³/mol. The van der Waals surface area contributed by atoms with Crippen LogP contribution in [0.15, 0.2) is 18.2 Å². The Bertz CT molecular complexity index is 423. The minimum atomic E-state index is -0.314. The van der Waals surface area contributed by atoms with Crippen molar-refractivity contribution < 1.29 is 4.79 Å². The average molecular weight is 233 g/mol. The standard InChI is InChI=1S/C13H19N3O/c1-10-4-3-5-12(11(10)2)15-6-8-16(9-7-15)13(14)17/h3-5H,6-9H2,1-2H3,(H2,14,17). The molecule has 0 unspecified atom stereocenters. The molecule has 0 aliphatic carbocycles.